The SMILES string of the molecule is CC(CCl)CCCNc1nccc2occc12. The summed E-state index contributed by atoms with van der Waals surface area (Å²) in [6, 6.07) is 3.81. The van der Waals surface area contributed by atoms with E-state index >= 15 is 0 Å². The second-order valence-electron chi connectivity index (χ2n) is 4.32. The lowest BCUT2D eigenvalue weighted by atomic mass is 10.1. The van der Waals surface area contributed by atoms with Crippen molar-refractivity contribution in [1.29, 1.82) is 0 Å². The van der Waals surface area contributed by atoms with Gasteiger partial charge < -0.3 is 9.73 Å². The zero-order chi connectivity index (χ0) is 12.1. The number of fused-ring (bicyclic) bond motifs is 1. The second kappa shape index (κ2) is 5.92. The Kier molecular flexibility index (Phi) is 4.26. The van der Waals surface area contributed by atoms with Crippen molar-refractivity contribution in [3.05, 3.63) is 24.6 Å². The van der Waals surface area contributed by atoms with Crippen LogP contribution < -0.4 is 5.32 Å². The molecule has 0 aliphatic heterocycles. The van der Waals surface area contributed by atoms with Crippen LogP contribution in [0.2, 0.25) is 0 Å². The van der Waals surface area contributed by atoms with Gasteiger partial charge in [0, 0.05) is 18.6 Å². The second-order valence-corrected chi connectivity index (χ2v) is 4.63. The number of aromatic nitrogens is 1. The lowest BCUT2D eigenvalue weighted by molar-refractivity contribution is 0.572. The van der Waals surface area contributed by atoms with Gasteiger partial charge in [0.05, 0.1) is 11.6 Å². The van der Waals surface area contributed by atoms with Gasteiger partial charge in [-0.05, 0) is 30.9 Å². The summed E-state index contributed by atoms with van der Waals surface area (Å²) in [5.41, 5.74) is 0.872. The molecule has 1 atom stereocenters. The average molecular weight is 253 g/mol. The molecule has 2 rings (SSSR count). The monoisotopic (exact) mass is 252 g/mol. The number of nitrogens with zero attached hydrogens (tertiary/aromatic N) is 1. The fraction of sp³-hybridized carbons (Fsp3) is 0.462. The van der Waals surface area contributed by atoms with Crippen molar-refractivity contribution >= 4 is 28.4 Å². The first-order chi connectivity index (χ1) is 8.31. The van der Waals surface area contributed by atoms with Gasteiger partial charge in [0.2, 0.25) is 0 Å². The van der Waals surface area contributed by atoms with Crippen LogP contribution in [0.1, 0.15) is 19.8 Å². The quantitative estimate of drug-likeness (QED) is 0.626. The predicted molar refractivity (Wildman–Crippen MR) is 71.6 cm³/mol. The van der Waals surface area contributed by atoms with Crippen LogP contribution >= 0.6 is 11.6 Å². The summed E-state index contributed by atoms with van der Waals surface area (Å²) in [5.74, 6) is 2.21. The molecule has 2 aromatic rings. The Bertz CT molecular complexity index is 469. The van der Waals surface area contributed by atoms with Gasteiger partial charge in [-0.15, -0.1) is 11.6 Å². The molecule has 0 bridgehead atoms. The number of hydrogen-bond donors (Lipinski definition) is 1. The molecule has 0 aliphatic rings. The van der Waals surface area contributed by atoms with E-state index in [4.69, 9.17) is 16.0 Å². The molecule has 17 heavy (non-hydrogen) atoms. The maximum Gasteiger partial charge on any atom is 0.139 e. The predicted octanol–water partition coefficient (Wildman–Crippen LogP) is 3.89. The molecule has 0 radical (unpaired) electrons. The van der Waals surface area contributed by atoms with Crippen LogP contribution in [-0.2, 0) is 0 Å². The first kappa shape index (κ1) is 12.2. The van der Waals surface area contributed by atoms with Gasteiger partial charge in [-0.1, -0.05) is 6.92 Å². The number of furan rings is 1. The molecule has 1 N–H and O–H groups in total. The molecule has 0 amide bonds. The zero-order valence-corrected chi connectivity index (χ0v) is 10.7. The van der Waals surface area contributed by atoms with E-state index in [-0.39, 0.29) is 0 Å². The molecule has 0 saturated carbocycles. The minimum absolute atomic E-state index is 0.580. The van der Waals surface area contributed by atoms with E-state index in [9.17, 15) is 0 Å². The van der Waals surface area contributed by atoms with Crippen molar-refractivity contribution in [3.8, 4) is 0 Å². The summed E-state index contributed by atoms with van der Waals surface area (Å²) in [6.07, 6.45) is 5.68. The third-order valence-corrected chi connectivity index (χ3v) is 3.34. The Morgan fingerprint density at radius 1 is 1.47 bits per heavy atom. The first-order valence-electron chi connectivity index (χ1n) is 5.93. The minimum atomic E-state index is 0.580. The summed E-state index contributed by atoms with van der Waals surface area (Å²) in [7, 11) is 0. The van der Waals surface area contributed by atoms with Gasteiger partial charge in [0.1, 0.15) is 11.4 Å². The Labute approximate surface area is 106 Å². The molecule has 4 heteroatoms. The average Bonchev–Trinajstić information content (AvgIpc) is 2.83. The summed E-state index contributed by atoms with van der Waals surface area (Å²) in [4.78, 5) is 4.32. The molecule has 2 heterocycles. The van der Waals surface area contributed by atoms with Crippen molar-refractivity contribution in [3.63, 3.8) is 0 Å². The van der Waals surface area contributed by atoms with Gasteiger partial charge in [0.15, 0.2) is 0 Å². The number of anilines is 1. The third-order valence-electron chi connectivity index (χ3n) is 2.81. The molecule has 0 saturated heterocycles. The van der Waals surface area contributed by atoms with Gasteiger partial charge in [-0.3, -0.25) is 0 Å². The maximum absolute atomic E-state index is 5.77. The number of nitrogens with one attached hydrogen (secondary N) is 1. The molecule has 0 spiro atoms. The zero-order valence-electron chi connectivity index (χ0n) is 9.95. The molecule has 1 unspecified atom stereocenters. The summed E-state index contributed by atoms with van der Waals surface area (Å²) >= 11 is 5.77. The van der Waals surface area contributed by atoms with E-state index in [2.05, 4.69) is 17.2 Å². The van der Waals surface area contributed by atoms with Crippen LogP contribution in [0, 0.1) is 5.92 Å². The van der Waals surface area contributed by atoms with Crippen molar-refractivity contribution in [2.75, 3.05) is 17.7 Å². The molecule has 0 aromatic carbocycles. The van der Waals surface area contributed by atoms with Crippen molar-refractivity contribution in [2.24, 2.45) is 5.92 Å². The van der Waals surface area contributed by atoms with Crippen LogP contribution in [0.15, 0.2) is 29.0 Å². The van der Waals surface area contributed by atoms with Crippen molar-refractivity contribution < 1.29 is 4.42 Å². The maximum atomic E-state index is 5.77. The number of hydrogen-bond acceptors (Lipinski definition) is 3. The van der Waals surface area contributed by atoms with Gasteiger partial charge in [-0.25, -0.2) is 4.98 Å². The first-order valence-corrected chi connectivity index (χ1v) is 6.46. The Balaban J connectivity index is 1.88. The van der Waals surface area contributed by atoms with Crippen LogP contribution in [0.5, 0.6) is 0 Å². The highest BCUT2D eigenvalue weighted by molar-refractivity contribution is 6.18. The largest absolute Gasteiger partial charge is 0.464 e. The number of rotatable bonds is 6. The lowest BCUT2D eigenvalue weighted by Gasteiger charge is -2.08. The van der Waals surface area contributed by atoms with E-state index in [0.717, 1.165) is 42.1 Å². The van der Waals surface area contributed by atoms with Crippen molar-refractivity contribution in [2.45, 2.75) is 19.8 Å². The molecule has 3 nitrogen and oxygen atoms in total. The van der Waals surface area contributed by atoms with E-state index in [0.29, 0.717) is 5.92 Å². The highest BCUT2D eigenvalue weighted by Crippen LogP contribution is 2.21. The summed E-state index contributed by atoms with van der Waals surface area (Å²) < 4.78 is 5.32. The molecule has 92 valence electrons. The van der Waals surface area contributed by atoms with E-state index in [1.54, 1.807) is 12.5 Å². The topological polar surface area (TPSA) is 38.1 Å². The molecule has 2 aromatic heterocycles. The van der Waals surface area contributed by atoms with Crippen LogP contribution in [-0.4, -0.2) is 17.4 Å². The summed E-state index contributed by atoms with van der Waals surface area (Å²) in [6.45, 7) is 3.08. The highest BCUT2D eigenvalue weighted by atomic mass is 35.5. The number of halogens is 1. The summed E-state index contributed by atoms with van der Waals surface area (Å²) in [5, 5.41) is 4.38. The Morgan fingerprint density at radius 2 is 2.35 bits per heavy atom. The lowest BCUT2D eigenvalue weighted by Crippen LogP contribution is -2.06. The number of pyridine rings is 1. The van der Waals surface area contributed by atoms with Crippen LogP contribution in [0.25, 0.3) is 11.0 Å². The molecule has 0 fully saturated rings. The van der Waals surface area contributed by atoms with Gasteiger partial charge >= 0.3 is 0 Å². The molecule has 0 aliphatic carbocycles. The molecular weight excluding hydrogens is 236 g/mol. The van der Waals surface area contributed by atoms with Crippen LogP contribution in [0.3, 0.4) is 0 Å². The van der Waals surface area contributed by atoms with Gasteiger partial charge in [-0.2, -0.15) is 0 Å². The Morgan fingerprint density at radius 3 is 3.18 bits per heavy atom. The Hall–Kier alpha value is -1.22. The van der Waals surface area contributed by atoms with Crippen LogP contribution in [0.4, 0.5) is 5.82 Å². The minimum Gasteiger partial charge on any atom is -0.464 e. The fourth-order valence-electron chi connectivity index (χ4n) is 1.77. The fourth-order valence-corrected chi connectivity index (χ4v) is 1.92. The van der Waals surface area contributed by atoms with E-state index < -0.39 is 0 Å². The molecular formula is C13H17ClN2O. The van der Waals surface area contributed by atoms with Gasteiger partial charge in [0.25, 0.3) is 0 Å². The van der Waals surface area contributed by atoms with E-state index in [1.807, 2.05) is 12.1 Å². The standard InChI is InChI=1S/C13H17ClN2O/c1-10(9-14)3-2-6-15-13-11-5-8-17-12(11)4-7-16-13/h4-5,7-8,10H,2-3,6,9H2,1H3,(H,15,16). The normalized spacial score (nSPS) is 12.8. The van der Waals surface area contributed by atoms with E-state index in [1.165, 1.54) is 0 Å². The third kappa shape index (κ3) is 3.13. The highest BCUT2D eigenvalue weighted by Gasteiger charge is 2.04. The smallest absolute Gasteiger partial charge is 0.139 e. The van der Waals surface area contributed by atoms with Crippen molar-refractivity contribution in [1.82, 2.24) is 4.98 Å². The number of alkyl halides is 1.